The number of hydrogen-bond donors (Lipinski definition) is 3. The molecule has 0 saturated heterocycles. The fourth-order valence-electron chi connectivity index (χ4n) is 2.88. The Morgan fingerprint density at radius 2 is 1.97 bits per heavy atom. The monoisotopic (exact) mass is 430 g/mol. The van der Waals surface area contributed by atoms with Crippen LogP contribution in [0.2, 0.25) is 0 Å². The minimum Gasteiger partial charge on any atom is -0.490 e. The van der Waals surface area contributed by atoms with Crippen LogP contribution in [0.25, 0.3) is 0 Å². The highest BCUT2D eigenvalue weighted by molar-refractivity contribution is 7.09. The summed E-state index contributed by atoms with van der Waals surface area (Å²) in [4.78, 5) is 18.0. The summed E-state index contributed by atoms with van der Waals surface area (Å²) in [5.74, 6) is 1.87. The molecule has 162 valence electrons. The number of carbonyl (C=O) groups is 1. The topological polar surface area (TPSA) is 84.0 Å². The highest BCUT2D eigenvalue weighted by atomic mass is 32.1. The van der Waals surface area contributed by atoms with Gasteiger partial charge < -0.3 is 25.4 Å². The Hall–Kier alpha value is -2.74. The zero-order chi connectivity index (χ0) is 21.4. The predicted molar refractivity (Wildman–Crippen MR) is 122 cm³/mol. The van der Waals surface area contributed by atoms with Crippen LogP contribution in [0.5, 0.6) is 11.5 Å². The number of benzene rings is 1. The fourth-order valence-corrected chi connectivity index (χ4v) is 3.59. The summed E-state index contributed by atoms with van der Waals surface area (Å²) in [7, 11) is 0. The number of nitrogens with one attached hydrogen (secondary N) is 3. The first-order valence-electron chi connectivity index (χ1n) is 10.2. The molecule has 30 heavy (non-hydrogen) atoms. The molecule has 1 aromatic heterocycles. The zero-order valence-corrected chi connectivity index (χ0v) is 18.6. The van der Waals surface area contributed by atoms with Crippen molar-refractivity contribution < 1.29 is 14.3 Å². The maximum absolute atomic E-state index is 12.2. The van der Waals surface area contributed by atoms with Gasteiger partial charge in [-0.15, -0.1) is 11.3 Å². The second-order valence-corrected chi connectivity index (χ2v) is 9.09. The molecule has 1 aromatic carbocycles. The lowest BCUT2D eigenvalue weighted by Crippen LogP contribution is -2.42. The average molecular weight is 431 g/mol. The van der Waals surface area contributed by atoms with Gasteiger partial charge in [-0.2, -0.15) is 0 Å². The maximum Gasteiger partial charge on any atom is 0.242 e. The smallest absolute Gasteiger partial charge is 0.242 e. The van der Waals surface area contributed by atoms with Crippen molar-refractivity contribution in [3.8, 4) is 11.5 Å². The second-order valence-electron chi connectivity index (χ2n) is 8.06. The van der Waals surface area contributed by atoms with Crippen molar-refractivity contribution in [3.63, 3.8) is 0 Å². The van der Waals surface area contributed by atoms with Crippen LogP contribution in [0.1, 0.15) is 32.1 Å². The maximum atomic E-state index is 12.2. The molecule has 1 amide bonds. The van der Waals surface area contributed by atoms with Gasteiger partial charge in [-0.3, -0.25) is 4.79 Å². The Morgan fingerprint density at radius 3 is 2.70 bits per heavy atom. The highest BCUT2D eigenvalue weighted by Crippen LogP contribution is 2.32. The van der Waals surface area contributed by atoms with Crippen LogP contribution in [-0.2, 0) is 11.2 Å². The number of thiophene rings is 1. The molecule has 0 fully saturated rings. The van der Waals surface area contributed by atoms with Crippen LogP contribution in [0.3, 0.4) is 0 Å². The molecule has 0 bridgehead atoms. The number of amides is 1. The van der Waals surface area contributed by atoms with E-state index in [0.717, 1.165) is 24.3 Å². The Kier molecular flexibility index (Phi) is 7.57. The SMILES string of the molecule is CC(C)(C)NC(=O)CN=C(NCCc1cccs1)Nc1ccc2c(c1)OCCCO2. The summed E-state index contributed by atoms with van der Waals surface area (Å²) >= 11 is 1.73. The van der Waals surface area contributed by atoms with Gasteiger partial charge in [0.2, 0.25) is 5.91 Å². The fraction of sp³-hybridized carbons (Fsp3) is 0.455. The van der Waals surface area contributed by atoms with E-state index in [-0.39, 0.29) is 18.0 Å². The molecule has 1 aliphatic heterocycles. The van der Waals surface area contributed by atoms with Crippen LogP contribution in [0, 0.1) is 0 Å². The van der Waals surface area contributed by atoms with E-state index < -0.39 is 0 Å². The third-order valence-electron chi connectivity index (χ3n) is 4.15. The van der Waals surface area contributed by atoms with E-state index in [9.17, 15) is 4.79 Å². The predicted octanol–water partition coefficient (Wildman–Crippen LogP) is 3.42. The van der Waals surface area contributed by atoms with Crippen LogP contribution in [0.15, 0.2) is 40.7 Å². The Balaban J connectivity index is 1.67. The van der Waals surface area contributed by atoms with Gasteiger partial charge in [0.25, 0.3) is 0 Å². The van der Waals surface area contributed by atoms with E-state index in [1.54, 1.807) is 11.3 Å². The number of ether oxygens (including phenoxy) is 2. The quantitative estimate of drug-likeness (QED) is 0.483. The van der Waals surface area contributed by atoms with E-state index in [1.807, 2.05) is 45.0 Å². The summed E-state index contributed by atoms with van der Waals surface area (Å²) in [6.07, 6.45) is 1.74. The molecule has 0 saturated carbocycles. The van der Waals surface area contributed by atoms with E-state index in [1.165, 1.54) is 4.88 Å². The molecule has 2 heterocycles. The van der Waals surface area contributed by atoms with Gasteiger partial charge >= 0.3 is 0 Å². The average Bonchev–Trinajstić information content (AvgIpc) is 3.08. The van der Waals surface area contributed by atoms with E-state index in [0.29, 0.717) is 31.5 Å². The number of nitrogens with zero attached hydrogens (tertiary/aromatic N) is 1. The summed E-state index contributed by atoms with van der Waals surface area (Å²) in [5, 5.41) is 11.6. The normalized spacial score (nSPS) is 14.0. The van der Waals surface area contributed by atoms with Crippen LogP contribution in [-0.4, -0.2) is 43.7 Å². The number of hydrogen-bond acceptors (Lipinski definition) is 5. The molecule has 3 rings (SSSR count). The third-order valence-corrected chi connectivity index (χ3v) is 5.09. The molecule has 3 N–H and O–H groups in total. The van der Waals surface area contributed by atoms with Crippen LogP contribution < -0.4 is 25.4 Å². The number of aliphatic imine (C=N–C) groups is 1. The molecule has 7 nitrogen and oxygen atoms in total. The lowest BCUT2D eigenvalue weighted by Gasteiger charge is -2.20. The van der Waals surface area contributed by atoms with E-state index in [2.05, 4.69) is 32.4 Å². The second kappa shape index (κ2) is 10.3. The molecule has 0 aliphatic carbocycles. The first-order chi connectivity index (χ1) is 14.4. The Labute approximate surface area is 181 Å². The Morgan fingerprint density at radius 1 is 1.17 bits per heavy atom. The summed E-state index contributed by atoms with van der Waals surface area (Å²) in [5.41, 5.74) is 0.527. The van der Waals surface area contributed by atoms with Crippen molar-refractivity contribution in [2.45, 2.75) is 39.2 Å². The zero-order valence-electron chi connectivity index (χ0n) is 17.8. The lowest BCUT2D eigenvalue weighted by atomic mass is 10.1. The minimum absolute atomic E-state index is 0.0379. The van der Waals surface area contributed by atoms with Crippen molar-refractivity contribution in [1.29, 1.82) is 0 Å². The molecule has 0 unspecified atom stereocenters. The number of guanidine groups is 1. The van der Waals surface area contributed by atoms with Crippen molar-refractivity contribution in [1.82, 2.24) is 10.6 Å². The summed E-state index contributed by atoms with van der Waals surface area (Å²) in [6.45, 7) is 7.87. The number of fused-ring (bicyclic) bond motifs is 1. The van der Waals surface area contributed by atoms with Gasteiger partial charge in [-0.1, -0.05) is 6.07 Å². The minimum atomic E-state index is -0.291. The molecule has 8 heteroatoms. The van der Waals surface area contributed by atoms with Gasteiger partial charge in [0.15, 0.2) is 17.5 Å². The van der Waals surface area contributed by atoms with E-state index in [4.69, 9.17) is 9.47 Å². The number of anilines is 1. The van der Waals surface area contributed by atoms with Gasteiger partial charge in [-0.25, -0.2) is 4.99 Å². The van der Waals surface area contributed by atoms with Crippen molar-refractivity contribution >= 4 is 28.9 Å². The largest absolute Gasteiger partial charge is 0.490 e. The Bertz CT molecular complexity index is 860. The molecule has 0 radical (unpaired) electrons. The molecule has 2 aromatic rings. The standard InChI is InChI=1S/C22H30N4O3S/c1-22(2,3)26-20(27)15-24-21(23-10-9-17-6-4-13-30-17)25-16-7-8-18-19(14-16)29-12-5-11-28-18/h4,6-8,13-14H,5,9-12,15H2,1-3H3,(H,26,27)(H2,23,24,25). The first-order valence-corrected chi connectivity index (χ1v) is 11.1. The van der Waals surface area contributed by atoms with Crippen molar-refractivity contribution in [3.05, 3.63) is 40.6 Å². The van der Waals surface area contributed by atoms with Crippen LogP contribution in [0.4, 0.5) is 5.69 Å². The summed E-state index contributed by atoms with van der Waals surface area (Å²) < 4.78 is 11.5. The van der Waals surface area contributed by atoms with Gasteiger partial charge in [0, 0.05) is 35.1 Å². The molecule has 0 atom stereocenters. The lowest BCUT2D eigenvalue weighted by molar-refractivity contribution is -0.121. The number of carbonyl (C=O) groups excluding carboxylic acids is 1. The first kappa shape index (κ1) is 22.0. The van der Waals surface area contributed by atoms with Gasteiger partial charge in [0.05, 0.1) is 13.2 Å². The van der Waals surface area contributed by atoms with Crippen molar-refractivity contribution in [2.24, 2.45) is 4.99 Å². The molecular formula is C22H30N4O3S. The third kappa shape index (κ3) is 7.26. The van der Waals surface area contributed by atoms with Crippen LogP contribution >= 0.6 is 11.3 Å². The van der Waals surface area contributed by atoms with E-state index >= 15 is 0 Å². The summed E-state index contributed by atoms with van der Waals surface area (Å²) in [6, 6.07) is 9.85. The van der Waals surface area contributed by atoms with Gasteiger partial charge in [-0.05, 0) is 50.8 Å². The van der Waals surface area contributed by atoms with Crippen molar-refractivity contribution in [2.75, 3.05) is 31.6 Å². The van der Waals surface area contributed by atoms with Gasteiger partial charge in [0.1, 0.15) is 6.54 Å². The number of rotatable bonds is 6. The highest BCUT2D eigenvalue weighted by Gasteiger charge is 2.14. The molecule has 0 spiro atoms. The molecular weight excluding hydrogens is 400 g/mol. The molecule has 1 aliphatic rings.